The lowest BCUT2D eigenvalue weighted by atomic mass is 9.98. The molecular weight excluding hydrogens is 416 g/mol. The van der Waals surface area contributed by atoms with Gasteiger partial charge in [-0.15, -0.1) is 0 Å². The Labute approximate surface area is 193 Å². The summed E-state index contributed by atoms with van der Waals surface area (Å²) in [6.45, 7) is 1.29. The van der Waals surface area contributed by atoms with E-state index in [-0.39, 0.29) is 0 Å². The van der Waals surface area contributed by atoms with Crippen molar-refractivity contribution in [1.82, 2.24) is 0 Å². The molecule has 0 fully saturated rings. The maximum Gasteiger partial charge on any atom is 0.414 e. The summed E-state index contributed by atoms with van der Waals surface area (Å²) in [4.78, 5) is 14.9. The van der Waals surface area contributed by atoms with Gasteiger partial charge in [-0.25, -0.2) is 4.79 Å². The van der Waals surface area contributed by atoms with Crippen molar-refractivity contribution in [1.29, 1.82) is 0 Å². The van der Waals surface area contributed by atoms with Gasteiger partial charge < -0.3 is 19.7 Å². The summed E-state index contributed by atoms with van der Waals surface area (Å²) in [6.07, 6.45) is 3.19. The fourth-order valence-electron chi connectivity index (χ4n) is 3.27. The summed E-state index contributed by atoms with van der Waals surface area (Å²) in [5.74, 6) is -0.763. The zero-order valence-electron chi connectivity index (χ0n) is 18.2. The van der Waals surface area contributed by atoms with E-state index < -0.39 is 18.2 Å². The number of carbonyl (C=O) groups is 1. The van der Waals surface area contributed by atoms with E-state index in [4.69, 9.17) is 19.7 Å². The lowest BCUT2D eigenvalue weighted by Crippen LogP contribution is -2.22. The van der Waals surface area contributed by atoms with Crippen molar-refractivity contribution in [3.05, 3.63) is 125 Å². The highest BCUT2D eigenvalue weighted by molar-refractivity contribution is 6.20. The molecule has 0 bridgehead atoms. The topological polar surface area (TPSA) is 81.2 Å². The first-order chi connectivity index (χ1) is 16.3. The molecule has 0 saturated heterocycles. The van der Waals surface area contributed by atoms with E-state index in [1.165, 1.54) is 0 Å². The number of esters is 1. The van der Waals surface area contributed by atoms with Gasteiger partial charge in [0.15, 0.2) is 6.10 Å². The van der Waals surface area contributed by atoms with E-state index in [0.29, 0.717) is 19.8 Å². The van der Waals surface area contributed by atoms with Crippen molar-refractivity contribution in [2.24, 2.45) is 0 Å². The van der Waals surface area contributed by atoms with E-state index in [1.54, 1.807) is 0 Å². The van der Waals surface area contributed by atoms with Crippen LogP contribution in [0.3, 0.4) is 0 Å². The van der Waals surface area contributed by atoms with Gasteiger partial charge in [-0.3, -0.25) is 0 Å². The van der Waals surface area contributed by atoms with Crippen LogP contribution in [-0.2, 0) is 25.6 Å². The quantitative estimate of drug-likeness (QED) is 0.0976. The first-order valence-corrected chi connectivity index (χ1v) is 10.6. The predicted molar refractivity (Wildman–Crippen MR) is 125 cm³/mol. The minimum Gasteiger partial charge on any atom is -0.446 e. The molecule has 3 aromatic rings. The number of nitrogens with zero attached hydrogens (tertiary/aromatic N) is 2. The first-order valence-electron chi connectivity index (χ1n) is 10.6. The number of ether oxygens (including phenoxy) is 3. The normalized spacial score (nSPS) is 12.6. The molecule has 168 valence electrons. The second kappa shape index (κ2) is 13.6. The Balaban J connectivity index is 1.67. The lowest BCUT2D eigenvalue weighted by molar-refractivity contribution is -0.153. The van der Waals surface area contributed by atoms with E-state index in [9.17, 15) is 4.79 Å². The van der Waals surface area contributed by atoms with Gasteiger partial charge in [-0.2, -0.15) is 4.79 Å². The minimum absolute atomic E-state index is 0.295. The molecule has 0 heterocycles. The molecule has 33 heavy (non-hydrogen) atoms. The highest BCUT2D eigenvalue weighted by Gasteiger charge is 2.29. The van der Waals surface area contributed by atoms with Crippen LogP contribution in [0.2, 0.25) is 0 Å². The van der Waals surface area contributed by atoms with Gasteiger partial charge in [0, 0.05) is 0 Å². The molecule has 6 nitrogen and oxygen atoms in total. The molecule has 3 aromatic carbocycles. The van der Waals surface area contributed by atoms with Crippen LogP contribution < -0.4 is 0 Å². The van der Waals surface area contributed by atoms with Crippen LogP contribution in [0.25, 0.3) is 5.53 Å². The van der Waals surface area contributed by atoms with Gasteiger partial charge in [0.05, 0.1) is 19.8 Å². The van der Waals surface area contributed by atoms with Gasteiger partial charge in [-0.1, -0.05) is 103 Å². The lowest BCUT2D eigenvalue weighted by Gasteiger charge is -2.27. The van der Waals surface area contributed by atoms with Crippen molar-refractivity contribution in [3.63, 3.8) is 0 Å². The summed E-state index contributed by atoms with van der Waals surface area (Å²) in [5.41, 5.74) is 11.4. The summed E-state index contributed by atoms with van der Waals surface area (Å²) < 4.78 is 17.4. The zero-order valence-corrected chi connectivity index (χ0v) is 18.2. The Kier molecular flexibility index (Phi) is 9.79. The number of hydrogen-bond acceptors (Lipinski definition) is 4. The van der Waals surface area contributed by atoms with Gasteiger partial charge in [0.2, 0.25) is 0 Å². The van der Waals surface area contributed by atoms with Crippen molar-refractivity contribution in [2.45, 2.75) is 18.8 Å². The standard InChI is InChI=1S/C27H26N2O4/c28-29-20-25(30)33-27(24-16-8-3-9-17-24)26(23-14-6-2-7-15-23)32-19-11-10-18-31-21-22-12-4-1-5-13-22/h1-17,20,26-27H,18-19,21H2/b11-10+/t26-,27-/m1/s1. The van der Waals surface area contributed by atoms with Crippen LogP contribution >= 0.6 is 0 Å². The Morgan fingerprint density at radius 3 is 1.94 bits per heavy atom. The van der Waals surface area contributed by atoms with E-state index in [1.807, 2.05) is 103 Å². The summed E-state index contributed by atoms with van der Waals surface area (Å²) in [5, 5.41) is 0. The smallest absolute Gasteiger partial charge is 0.414 e. The molecule has 0 aliphatic carbocycles. The second-order valence-corrected chi connectivity index (χ2v) is 7.15. The van der Waals surface area contributed by atoms with Crippen LogP contribution in [-0.4, -0.2) is 30.2 Å². The van der Waals surface area contributed by atoms with Crippen LogP contribution in [0.1, 0.15) is 28.9 Å². The molecule has 0 N–H and O–H groups in total. The number of benzene rings is 3. The van der Waals surface area contributed by atoms with Gasteiger partial charge in [0.1, 0.15) is 6.10 Å². The average molecular weight is 443 g/mol. The molecule has 0 amide bonds. The van der Waals surface area contributed by atoms with Gasteiger partial charge in [0.25, 0.3) is 0 Å². The molecule has 0 aliphatic rings. The van der Waals surface area contributed by atoms with Crippen LogP contribution in [0, 0.1) is 0 Å². The van der Waals surface area contributed by atoms with Crippen molar-refractivity contribution in [3.8, 4) is 0 Å². The fourth-order valence-corrected chi connectivity index (χ4v) is 3.27. The number of carbonyl (C=O) groups excluding carboxylic acids is 1. The third kappa shape index (κ3) is 7.98. The minimum atomic E-state index is -0.763. The highest BCUT2D eigenvalue weighted by atomic mass is 16.6. The second-order valence-electron chi connectivity index (χ2n) is 7.15. The predicted octanol–water partition coefficient (Wildman–Crippen LogP) is 5.10. The van der Waals surface area contributed by atoms with Crippen LogP contribution in [0.4, 0.5) is 0 Å². The number of hydrogen-bond donors (Lipinski definition) is 0. The van der Waals surface area contributed by atoms with E-state index in [2.05, 4.69) is 4.79 Å². The largest absolute Gasteiger partial charge is 0.446 e. The highest BCUT2D eigenvalue weighted by Crippen LogP contribution is 2.35. The summed E-state index contributed by atoms with van der Waals surface area (Å²) in [7, 11) is 0. The van der Waals surface area contributed by atoms with E-state index >= 15 is 0 Å². The van der Waals surface area contributed by atoms with Gasteiger partial charge >= 0.3 is 12.2 Å². The Hall–Kier alpha value is -3.83. The molecule has 0 unspecified atom stereocenters. The SMILES string of the molecule is [N-]=[N+]=CC(=O)O[C@H](c1ccccc1)[C@H](OC/C=C/COCc1ccccc1)c1ccccc1. The third-order valence-corrected chi connectivity index (χ3v) is 4.80. The zero-order chi connectivity index (χ0) is 23.1. The fraction of sp³-hybridized carbons (Fsp3) is 0.185. The molecule has 0 radical (unpaired) electrons. The molecule has 0 aliphatic heterocycles. The molecule has 0 saturated carbocycles. The maximum atomic E-state index is 12.1. The summed E-state index contributed by atoms with van der Waals surface area (Å²) in [6, 6.07) is 28.8. The molecule has 3 rings (SSSR count). The summed E-state index contributed by atoms with van der Waals surface area (Å²) >= 11 is 0. The molecular formula is C27H26N2O4. The molecule has 0 aromatic heterocycles. The third-order valence-electron chi connectivity index (χ3n) is 4.80. The van der Waals surface area contributed by atoms with Crippen LogP contribution in [0.15, 0.2) is 103 Å². The molecule has 2 atom stereocenters. The van der Waals surface area contributed by atoms with Gasteiger partial charge in [-0.05, 0) is 16.7 Å². The monoisotopic (exact) mass is 442 g/mol. The molecule has 0 spiro atoms. The van der Waals surface area contributed by atoms with Crippen molar-refractivity contribution < 1.29 is 23.8 Å². The Morgan fingerprint density at radius 1 is 0.788 bits per heavy atom. The Bertz CT molecular complexity index is 1050. The first kappa shape index (κ1) is 23.8. The Morgan fingerprint density at radius 2 is 1.33 bits per heavy atom. The average Bonchev–Trinajstić information content (AvgIpc) is 2.86. The number of rotatable bonds is 12. The van der Waals surface area contributed by atoms with Crippen LogP contribution in [0.5, 0.6) is 0 Å². The maximum absolute atomic E-state index is 12.1. The van der Waals surface area contributed by atoms with E-state index in [0.717, 1.165) is 22.9 Å². The van der Waals surface area contributed by atoms with Crippen molar-refractivity contribution in [2.75, 3.05) is 13.2 Å². The van der Waals surface area contributed by atoms with Crippen molar-refractivity contribution >= 4 is 12.2 Å². The molecule has 6 heteroatoms.